The summed E-state index contributed by atoms with van der Waals surface area (Å²) >= 11 is 6.35. The summed E-state index contributed by atoms with van der Waals surface area (Å²) in [5.74, 6) is -2.71. The van der Waals surface area contributed by atoms with Crippen molar-refractivity contribution in [3.8, 4) is 0 Å². The first kappa shape index (κ1) is 38.9. The average molecular weight is 806 g/mol. The van der Waals surface area contributed by atoms with Gasteiger partial charge in [-0.15, -0.1) is 0 Å². The van der Waals surface area contributed by atoms with Crippen molar-refractivity contribution in [1.29, 1.82) is 0 Å². The number of halogens is 4. The van der Waals surface area contributed by atoms with Crippen molar-refractivity contribution < 1.29 is 45.5 Å². The zero-order valence-electron chi connectivity index (χ0n) is 30.8. The molecule has 4 amide bonds. The predicted molar refractivity (Wildman–Crippen MR) is 196 cm³/mol. The number of carbonyl (C=O) groups excluding carboxylic acids is 4. The van der Waals surface area contributed by atoms with E-state index >= 15 is 0 Å². The second-order valence-electron chi connectivity index (χ2n) is 16.6. The van der Waals surface area contributed by atoms with E-state index in [1.165, 1.54) is 21.9 Å². The molecule has 0 radical (unpaired) electrons. The summed E-state index contributed by atoms with van der Waals surface area (Å²) in [6.45, 7) is 6.88. The van der Waals surface area contributed by atoms with E-state index in [9.17, 15) is 40.8 Å². The zero-order valence-corrected chi connectivity index (χ0v) is 32.3. The van der Waals surface area contributed by atoms with Crippen LogP contribution in [0.3, 0.4) is 0 Å². The van der Waals surface area contributed by atoms with Gasteiger partial charge in [0.05, 0.1) is 23.4 Å². The Hall–Kier alpha value is -4.31. The van der Waals surface area contributed by atoms with Gasteiger partial charge in [0.2, 0.25) is 21.8 Å². The molecule has 2 aromatic carbocycles. The molecule has 12 nitrogen and oxygen atoms in total. The van der Waals surface area contributed by atoms with Crippen molar-refractivity contribution in [3.63, 3.8) is 0 Å². The van der Waals surface area contributed by atoms with Crippen molar-refractivity contribution in [2.75, 3.05) is 11.9 Å². The molecule has 2 saturated carbocycles. The van der Waals surface area contributed by atoms with Gasteiger partial charge in [-0.05, 0) is 73.4 Å². The maximum atomic E-state index is 14.6. The Balaban J connectivity index is 1.15. The number of rotatable bonds is 10. The Kier molecular flexibility index (Phi) is 9.50. The SMILES string of the molecule is CC(C)(C)[C@H](Nc1cccc(C(F)(F)F)c1)C(=O)N1C[C@H](OC(=O)N2Cc3cccc(Cl)c3C2)C[C@H]1C(=O)N[C@]1(C(=O)NS(=O)(=O)C2(C)CC2)C[C@H]1C1=CC1. The van der Waals surface area contributed by atoms with Gasteiger partial charge in [-0.2, -0.15) is 13.2 Å². The lowest BCUT2D eigenvalue weighted by molar-refractivity contribution is -0.141. The van der Waals surface area contributed by atoms with Crippen LogP contribution in [0, 0.1) is 11.3 Å². The molecule has 5 aliphatic rings. The fraction of sp³-hybridized carbons (Fsp3) is 0.526. The van der Waals surface area contributed by atoms with Gasteiger partial charge in [0, 0.05) is 29.6 Å². The standard InChI is InChI=1S/C38H43ClF3N5O7S/c1-35(2,3)30(43-24-9-6-8-23(15-24)38(40,41)42)32(49)47-19-25(54-34(51)46-18-22-7-5-10-28(39)26(22)20-46)16-29(47)31(48)44-37(17-27(37)21-11-12-21)33(50)45-55(52,53)36(4)13-14-36/h5-11,15,25,27,29-30,43H,12-14,16-20H2,1-4H3,(H,44,48)(H,45,50)/t25-,27+,29+,30-,37-/m1/s1. The maximum Gasteiger partial charge on any atom is 0.416 e. The highest BCUT2D eigenvalue weighted by Gasteiger charge is 2.66. The monoisotopic (exact) mass is 805 g/mol. The van der Waals surface area contributed by atoms with Gasteiger partial charge < -0.3 is 20.3 Å². The molecule has 5 atom stereocenters. The van der Waals surface area contributed by atoms with Crippen LogP contribution in [0.25, 0.3) is 0 Å². The van der Waals surface area contributed by atoms with E-state index in [0.29, 0.717) is 24.3 Å². The third kappa shape index (κ3) is 7.63. The highest BCUT2D eigenvalue weighted by Crippen LogP contribution is 2.54. The highest BCUT2D eigenvalue weighted by atomic mass is 35.5. The first-order valence-electron chi connectivity index (χ1n) is 18.2. The van der Waals surface area contributed by atoms with Crippen molar-refractivity contribution in [3.05, 3.63) is 75.8 Å². The van der Waals surface area contributed by atoms with Crippen LogP contribution in [0.1, 0.15) is 76.5 Å². The number of amides is 4. The van der Waals surface area contributed by atoms with E-state index in [1.54, 1.807) is 39.8 Å². The predicted octanol–water partition coefficient (Wildman–Crippen LogP) is 5.51. The molecule has 296 valence electrons. The summed E-state index contributed by atoms with van der Waals surface area (Å²) in [6.07, 6.45) is -3.03. The zero-order chi connectivity index (χ0) is 39.9. The summed E-state index contributed by atoms with van der Waals surface area (Å²) < 4.78 is 74.0. The van der Waals surface area contributed by atoms with Crippen LogP contribution in [-0.2, 0) is 48.4 Å². The first-order valence-corrected chi connectivity index (χ1v) is 20.0. The number of sulfonamides is 1. The van der Waals surface area contributed by atoms with Crippen molar-refractivity contribution >= 4 is 51.1 Å². The van der Waals surface area contributed by atoms with Crippen LogP contribution < -0.4 is 15.4 Å². The number of fused-ring (bicyclic) bond motifs is 1. The molecule has 0 unspecified atom stereocenters. The Bertz CT molecular complexity index is 2100. The largest absolute Gasteiger partial charge is 0.444 e. The first-order chi connectivity index (χ1) is 25.6. The van der Waals surface area contributed by atoms with Crippen LogP contribution in [0.2, 0.25) is 5.02 Å². The highest BCUT2D eigenvalue weighted by molar-refractivity contribution is 7.91. The minimum Gasteiger partial charge on any atom is -0.444 e. The molecule has 2 aliphatic heterocycles. The van der Waals surface area contributed by atoms with E-state index in [-0.39, 0.29) is 38.2 Å². The number of nitrogens with zero attached hydrogens (tertiary/aromatic N) is 2. The number of benzene rings is 2. The molecule has 7 rings (SSSR count). The molecule has 0 bridgehead atoms. The fourth-order valence-electron chi connectivity index (χ4n) is 7.45. The number of likely N-dealkylation sites (tertiary alicyclic amines) is 1. The van der Waals surface area contributed by atoms with Crippen LogP contribution in [0.5, 0.6) is 0 Å². The summed E-state index contributed by atoms with van der Waals surface area (Å²) in [6, 6.07) is 7.31. The Morgan fingerprint density at radius 1 is 1.04 bits per heavy atom. The summed E-state index contributed by atoms with van der Waals surface area (Å²) in [5, 5.41) is 6.25. The molecule has 55 heavy (non-hydrogen) atoms. The third-order valence-corrected chi connectivity index (χ3v) is 13.9. The van der Waals surface area contributed by atoms with Gasteiger partial charge in [0.1, 0.15) is 23.7 Å². The van der Waals surface area contributed by atoms with Crippen molar-refractivity contribution in [2.24, 2.45) is 11.3 Å². The van der Waals surface area contributed by atoms with Gasteiger partial charge in [-0.3, -0.25) is 24.0 Å². The van der Waals surface area contributed by atoms with Crippen LogP contribution in [-0.4, -0.2) is 77.1 Å². The molecule has 1 saturated heterocycles. The number of ether oxygens (including phenoxy) is 1. The number of nitrogens with one attached hydrogen (secondary N) is 3. The second kappa shape index (κ2) is 13.4. The Morgan fingerprint density at radius 3 is 2.35 bits per heavy atom. The van der Waals surface area contributed by atoms with E-state index < -0.39 is 85.4 Å². The smallest absolute Gasteiger partial charge is 0.416 e. The number of anilines is 1. The topological polar surface area (TPSA) is 154 Å². The summed E-state index contributed by atoms with van der Waals surface area (Å²) in [5.41, 5.74) is -0.845. The summed E-state index contributed by atoms with van der Waals surface area (Å²) in [7, 11) is -4.04. The lowest BCUT2D eigenvalue weighted by Gasteiger charge is -2.36. The quantitative estimate of drug-likeness (QED) is 0.266. The molecular weight excluding hydrogens is 763 g/mol. The third-order valence-electron chi connectivity index (χ3n) is 11.3. The minimum atomic E-state index is -4.63. The maximum absolute atomic E-state index is 14.6. The number of allylic oxidation sites excluding steroid dienone is 1. The number of alkyl halides is 3. The molecule has 0 spiro atoms. The summed E-state index contributed by atoms with van der Waals surface area (Å²) in [4.78, 5) is 58.9. The Labute approximate surface area is 322 Å². The molecule has 3 aliphatic carbocycles. The number of carbonyl (C=O) groups is 4. The van der Waals surface area contributed by atoms with Gasteiger partial charge >= 0.3 is 12.3 Å². The molecule has 17 heteroatoms. The minimum absolute atomic E-state index is 0.0262. The van der Waals surface area contributed by atoms with E-state index in [2.05, 4.69) is 15.4 Å². The molecule has 3 fully saturated rings. The van der Waals surface area contributed by atoms with Gasteiger partial charge in [0.25, 0.3) is 5.91 Å². The van der Waals surface area contributed by atoms with E-state index in [4.69, 9.17) is 16.3 Å². The van der Waals surface area contributed by atoms with E-state index in [0.717, 1.165) is 28.8 Å². The van der Waals surface area contributed by atoms with E-state index in [1.807, 2.05) is 12.1 Å². The van der Waals surface area contributed by atoms with Gasteiger partial charge in [0.15, 0.2) is 0 Å². The fourth-order valence-corrected chi connectivity index (χ4v) is 9.02. The van der Waals surface area contributed by atoms with Crippen molar-refractivity contribution in [2.45, 2.75) is 108 Å². The van der Waals surface area contributed by atoms with Gasteiger partial charge in [-0.25, -0.2) is 13.2 Å². The van der Waals surface area contributed by atoms with Gasteiger partial charge in [-0.1, -0.05) is 62.2 Å². The van der Waals surface area contributed by atoms with Crippen LogP contribution in [0.4, 0.5) is 23.7 Å². The normalized spacial score (nSPS) is 25.7. The molecule has 3 N–H and O–H groups in total. The van der Waals surface area contributed by atoms with Crippen LogP contribution in [0.15, 0.2) is 54.1 Å². The molecular formula is C38H43ClF3N5O7S. The molecule has 0 aromatic heterocycles. The lowest BCUT2D eigenvalue weighted by atomic mass is 9.85. The van der Waals surface area contributed by atoms with Crippen LogP contribution >= 0.6 is 11.6 Å². The number of hydrogen-bond donors (Lipinski definition) is 3. The van der Waals surface area contributed by atoms with Crippen molar-refractivity contribution in [1.82, 2.24) is 19.8 Å². The molecule has 2 aromatic rings. The Morgan fingerprint density at radius 2 is 1.73 bits per heavy atom. The number of hydrogen-bond acceptors (Lipinski definition) is 8. The molecule has 2 heterocycles. The average Bonchev–Trinajstić information content (AvgIpc) is 4.05. The lowest BCUT2D eigenvalue weighted by Crippen LogP contribution is -2.59. The second-order valence-corrected chi connectivity index (χ2v) is 19.2.